The Morgan fingerprint density at radius 2 is 2.18 bits per heavy atom. The maximum Gasteiger partial charge on any atom is 0.339 e. The van der Waals surface area contributed by atoms with E-state index in [9.17, 15) is 9.59 Å². The lowest BCUT2D eigenvalue weighted by molar-refractivity contribution is 0.0599. The Kier molecular flexibility index (Phi) is 3.61. The monoisotopic (exact) mass is 300 g/mol. The Morgan fingerprint density at radius 1 is 1.32 bits per heavy atom. The molecule has 112 valence electrons. The van der Waals surface area contributed by atoms with Crippen LogP contribution in [0.15, 0.2) is 56.5 Å². The number of furan rings is 1. The molecule has 0 bridgehead atoms. The predicted molar refractivity (Wildman–Crippen MR) is 75.3 cm³/mol. The molecule has 7 heteroatoms. The van der Waals surface area contributed by atoms with Crippen LogP contribution in [0.25, 0.3) is 11.5 Å². The van der Waals surface area contributed by atoms with E-state index in [1.54, 1.807) is 18.2 Å². The third-order valence-corrected chi connectivity index (χ3v) is 3.06. The molecule has 0 fully saturated rings. The van der Waals surface area contributed by atoms with Crippen LogP contribution in [-0.2, 0) is 11.3 Å². The van der Waals surface area contributed by atoms with Gasteiger partial charge in [0.05, 0.1) is 25.5 Å². The summed E-state index contributed by atoms with van der Waals surface area (Å²) in [5.41, 5.74) is 0.572. The summed E-state index contributed by atoms with van der Waals surface area (Å²) in [5, 5.41) is 3.89. The number of rotatable bonds is 4. The van der Waals surface area contributed by atoms with Crippen molar-refractivity contribution in [3.8, 4) is 11.5 Å². The van der Waals surface area contributed by atoms with E-state index in [0.717, 1.165) is 0 Å². The zero-order valence-electron chi connectivity index (χ0n) is 11.7. The summed E-state index contributed by atoms with van der Waals surface area (Å²) in [6, 6.07) is 7.88. The number of esters is 1. The van der Waals surface area contributed by atoms with Crippen molar-refractivity contribution in [3.63, 3.8) is 0 Å². The van der Waals surface area contributed by atoms with Crippen molar-refractivity contribution in [2.24, 2.45) is 0 Å². The van der Waals surface area contributed by atoms with Crippen molar-refractivity contribution >= 4 is 5.97 Å². The molecule has 0 unspecified atom stereocenters. The quantitative estimate of drug-likeness (QED) is 0.684. The van der Waals surface area contributed by atoms with Crippen molar-refractivity contribution < 1.29 is 18.5 Å². The summed E-state index contributed by atoms with van der Waals surface area (Å²) in [4.78, 5) is 23.4. The molecule has 3 aromatic rings. The minimum Gasteiger partial charge on any atom is -0.465 e. The van der Waals surface area contributed by atoms with Crippen molar-refractivity contribution in [2.75, 3.05) is 7.11 Å². The third kappa shape index (κ3) is 2.69. The molecule has 0 amide bonds. The number of hydrogen-bond donors (Lipinski definition) is 0. The molecule has 0 saturated heterocycles. The SMILES string of the molecule is COC(=O)c1ccc(=O)n(Cc2cc(-c3ccco3)on2)c1. The van der Waals surface area contributed by atoms with Gasteiger partial charge in [0, 0.05) is 18.3 Å². The second-order valence-electron chi connectivity index (χ2n) is 4.54. The summed E-state index contributed by atoms with van der Waals surface area (Å²) in [6.07, 6.45) is 2.96. The Morgan fingerprint density at radius 3 is 2.91 bits per heavy atom. The number of hydrogen-bond acceptors (Lipinski definition) is 6. The lowest BCUT2D eigenvalue weighted by atomic mass is 10.2. The molecule has 0 spiro atoms. The topological polar surface area (TPSA) is 87.5 Å². The van der Waals surface area contributed by atoms with Gasteiger partial charge in [0.2, 0.25) is 5.76 Å². The molecular formula is C15H12N2O5. The van der Waals surface area contributed by atoms with Crippen molar-refractivity contribution in [1.29, 1.82) is 0 Å². The molecule has 3 aromatic heterocycles. The van der Waals surface area contributed by atoms with E-state index >= 15 is 0 Å². The summed E-state index contributed by atoms with van der Waals surface area (Å²) in [5.74, 6) is 0.511. The highest BCUT2D eigenvalue weighted by molar-refractivity contribution is 5.88. The fourth-order valence-electron chi connectivity index (χ4n) is 1.99. The fraction of sp³-hybridized carbons (Fsp3) is 0.133. The average Bonchev–Trinajstić information content (AvgIpc) is 3.19. The van der Waals surface area contributed by atoms with Gasteiger partial charge >= 0.3 is 5.97 Å². The van der Waals surface area contributed by atoms with Gasteiger partial charge in [-0.1, -0.05) is 5.16 Å². The molecule has 3 heterocycles. The zero-order valence-corrected chi connectivity index (χ0v) is 11.7. The Hall–Kier alpha value is -3.09. The minimum absolute atomic E-state index is 0.174. The Bertz CT molecular complexity index is 845. The molecule has 0 atom stereocenters. The normalized spacial score (nSPS) is 10.6. The van der Waals surface area contributed by atoms with Crippen LogP contribution in [0, 0.1) is 0 Å². The van der Waals surface area contributed by atoms with Crippen LogP contribution in [0.1, 0.15) is 16.1 Å². The van der Waals surface area contributed by atoms with Crippen LogP contribution < -0.4 is 5.56 Å². The number of pyridine rings is 1. The fourth-order valence-corrected chi connectivity index (χ4v) is 1.99. The lowest BCUT2D eigenvalue weighted by Gasteiger charge is -2.04. The second-order valence-corrected chi connectivity index (χ2v) is 4.54. The van der Waals surface area contributed by atoms with Crippen LogP contribution in [0.3, 0.4) is 0 Å². The van der Waals surface area contributed by atoms with Gasteiger partial charge in [-0.05, 0) is 18.2 Å². The Labute approximate surface area is 124 Å². The highest BCUT2D eigenvalue weighted by Crippen LogP contribution is 2.20. The largest absolute Gasteiger partial charge is 0.465 e. The van der Waals surface area contributed by atoms with Gasteiger partial charge in [-0.3, -0.25) is 4.79 Å². The molecule has 22 heavy (non-hydrogen) atoms. The first-order valence-electron chi connectivity index (χ1n) is 6.45. The van der Waals surface area contributed by atoms with Crippen molar-refractivity contribution in [1.82, 2.24) is 9.72 Å². The predicted octanol–water partition coefficient (Wildman–Crippen LogP) is 1.93. The molecule has 3 rings (SSSR count). The number of nitrogens with zero attached hydrogens (tertiary/aromatic N) is 2. The van der Waals surface area contributed by atoms with Gasteiger partial charge in [0.15, 0.2) is 5.76 Å². The van der Waals surface area contributed by atoms with Gasteiger partial charge in [0.25, 0.3) is 5.56 Å². The van der Waals surface area contributed by atoms with Crippen LogP contribution in [0.2, 0.25) is 0 Å². The maximum atomic E-state index is 11.9. The summed E-state index contributed by atoms with van der Waals surface area (Å²) < 4.78 is 16.4. The molecule has 0 N–H and O–H groups in total. The number of carbonyl (C=O) groups is 1. The molecule has 0 saturated carbocycles. The van der Waals surface area contributed by atoms with E-state index in [-0.39, 0.29) is 17.7 Å². The molecule has 0 aromatic carbocycles. The van der Waals surface area contributed by atoms with E-state index in [2.05, 4.69) is 9.89 Å². The number of aromatic nitrogens is 2. The van der Waals surface area contributed by atoms with Crippen LogP contribution in [0.5, 0.6) is 0 Å². The van der Waals surface area contributed by atoms with Crippen LogP contribution in [-0.4, -0.2) is 22.8 Å². The Balaban J connectivity index is 1.87. The van der Waals surface area contributed by atoms with Crippen molar-refractivity contribution in [2.45, 2.75) is 6.54 Å². The number of methoxy groups -OCH3 is 1. The smallest absolute Gasteiger partial charge is 0.339 e. The second kappa shape index (κ2) is 5.72. The van der Waals surface area contributed by atoms with E-state index in [1.165, 1.54) is 36.3 Å². The standard InChI is InChI=1S/C15H12N2O5/c1-20-15(19)10-4-5-14(18)17(8-10)9-11-7-13(22-16-11)12-3-2-6-21-12/h2-8H,9H2,1H3. The first kappa shape index (κ1) is 13.9. The summed E-state index contributed by atoms with van der Waals surface area (Å²) in [7, 11) is 1.28. The summed E-state index contributed by atoms with van der Waals surface area (Å²) >= 11 is 0. The molecule has 7 nitrogen and oxygen atoms in total. The molecule has 0 aliphatic carbocycles. The summed E-state index contributed by atoms with van der Waals surface area (Å²) in [6.45, 7) is 0.174. The molecular weight excluding hydrogens is 288 g/mol. The number of ether oxygens (including phenoxy) is 1. The highest BCUT2D eigenvalue weighted by Gasteiger charge is 2.12. The molecule has 0 radical (unpaired) electrons. The van der Waals surface area contributed by atoms with E-state index in [0.29, 0.717) is 17.2 Å². The van der Waals surface area contributed by atoms with Gasteiger partial charge in [-0.2, -0.15) is 0 Å². The van der Waals surface area contributed by atoms with Gasteiger partial charge < -0.3 is 18.2 Å². The van der Waals surface area contributed by atoms with E-state index in [4.69, 9.17) is 8.94 Å². The van der Waals surface area contributed by atoms with Gasteiger partial charge in [-0.15, -0.1) is 0 Å². The number of carbonyl (C=O) groups excluding carboxylic acids is 1. The van der Waals surface area contributed by atoms with Crippen LogP contribution in [0.4, 0.5) is 0 Å². The first-order valence-corrected chi connectivity index (χ1v) is 6.45. The van der Waals surface area contributed by atoms with E-state index in [1.807, 2.05) is 0 Å². The highest BCUT2D eigenvalue weighted by atomic mass is 16.5. The van der Waals surface area contributed by atoms with Gasteiger partial charge in [-0.25, -0.2) is 4.79 Å². The third-order valence-electron chi connectivity index (χ3n) is 3.06. The van der Waals surface area contributed by atoms with Gasteiger partial charge in [0.1, 0.15) is 5.69 Å². The zero-order chi connectivity index (χ0) is 15.5. The maximum absolute atomic E-state index is 11.9. The minimum atomic E-state index is -0.509. The lowest BCUT2D eigenvalue weighted by Crippen LogP contribution is -2.21. The molecule has 0 aliphatic heterocycles. The molecule has 0 aliphatic rings. The van der Waals surface area contributed by atoms with E-state index < -0.39 is 5.97 Å². The van der Waals surface area contributed by atoms with Crippen LogP contribution >= 0.6 is 0 Å². The average molecular weight is 300 g/mol. The van der Waals surface area contributed by atoms with Crippen molar-refractivity contribution in [3.05, 3.63) is 64.4 Å². The first-order chi connectivity index (χ1) is 10.7.